The zero-order valence-electron chi connectivity index (χ0n) is 12.9. The third-order valence-electron chi connectivity index (χ3n) is 3.59. The Balaban J connectivity index is 1.96. The molecule has 1 N–H and O–H groups in total. The Hall–Kier alpha value is -3.75. The van der Waals surface area contributed by atoms with E-state index in [1.807, 2.05) is 0 Å². The summed E-state index contributed by atoms with van der Waals surface area (Å²) in [5.74, 6) is -1.92. The highest BCUT2D eigenvalue weighted by atomic mass is 16.6. The van der Waals surface area contributed by atoms with Crippen molar-refractivity contribution in [3.63, 3.8) is 0 Å². The molecule has 0 fully saturated rings. The fourth-order valence-electron chi connectivity index (χ4n) is 2.39. The fraction of sp³-hybridized carbons (Fsp3) is 0.0625. The second-order valence-electron chi connectivity index (χ2n) is 5.06. The van der Waals surface area contributed by atoms with E-state index in [-0.39, 0.29) is 22.4 Å². The zero-order chi connectivity index (χ0) is 18.1. The van der Waals surface area contributed by atoms with E-state index in [1.165, 1.54) is 25.3 Å². The lowest BCUT2D eigenvalue weighted by Crippen LogP contribution is -2.24. The molecule has 25 heavy (non-hydrogen) atoms. The largest absolute Gasteiger partial charge is 0.500 e. The summed E-state index contributed by atoms with van der Waals surface area (Å²) >= 11 is 0. The van der Waals surface area contributed by atoms with Crippen molar-refractivity contribution in [2.75, 3.05) is 7.11 Å². The number of aromatic hydroxyl groups is 1. The minimum atomic E-state index is -0.781. The van der Waals surface area contributed by atoms with Crippen LogP contribution in [-0.4, -0.2) is 40.2 Å². The van der Waals surface area contributed by atoms with Crippen LogP contribution >= 0.6 is 0 Å². The Bertz CT molecular complexity index is 902. The highest BCUT2D eigenvalue weighted by Gasteiger charge is 2.35. The van der Waals surface area contributed by atoms with E-state index < -0.39 is 28.2 Å². The van der Waals surface area contributed by atoms with Crippen molar-refractivity contribution >= 4 is 23.7 Å². The summed E-state index contributed by atoms with van der Waals surface area (Å²) in [5.41, 5.74) is 0.0684. The number of hydrogen-bond donors (Lipinski definition) is 1. The van der Waals surface area contributed by atoms with E-state index in [9.17, 15) is 24.8 Å². The predicted octanol–water partition coefficient (Wildman–Crippen LogP) is 1.94. The molecule has 1 aliphatic heterocycles. The molecule has 0 spiro atoms. The van der Waals surface area contributed by atoms with Gasteiger partial charge in [0.15, 0.2) is 5.75 Å². The number of carbonyl (C=O) groups excluding carboxylic acids is 2. The molecule has 0 aromatic heterocycles. The van der Waals surface area contributed by atoms with Crippen LogP contribution in [-0.2, 0) is 0 Å². The van der Waals surface area contributed by atoms with Crippen molar-refractivity contribution in [1.29, 1.82) is 0 Å². The van der Waals surface area contributed by atoms with Gasteiger partial charge in [-0.1, -0.05) is 12.1 Å². The monoisotopic (exact) mass is 341 g/mol. The molecule has 0 aliphatic carbocycles. The van der Waals surface area contributed by atoms with Gasteiger partial charge in [0.1, 0.15) is 0 Å². The number of rotatable bonds is 4. The van der Waals surface area contributed by atoms with Crippen LogP contribution in [0.5, 0.6) is 11.5 Å². The molecule has 2 amide bonds. The number of amides is 2. The second-order valence-corrected chi connectivity index (χ2v) is 5.06. The second kappa shape index (κ2) is 6.04. The molecule has 0 saturated carbocycles. The third kappa shape index (κ3) is 2.67. The van der Waals surface area contributed by atoms with Crippen LogP contribution in [0.15, 0.2) is 41.5 Å². The average molecular weight is 341 g/mol. The number of hydrazone groups is 1. The van der Waals surface area contributed by atoms with Gasteiger partial charge in [-0.3, -0.25) is 19.7 Å². The number of methoxy groups -OCH3 is 1. The van der Waals surface area contributed by atoms with Crippen LogP contribution in [0.3, 0.4) is 0 Å². The lowest BCUT2D eigenvalue weighted by molar-refractivity contribution is -0.386. The summed E-state index contributed by atoms with van der Waals surface area (Å²) in [6.45, 7) is 0. The highest BCUT2D eigenvalue weighted by molar-refractivity contribution is 6.21. The average Bonchev–Trinajstić information content (AvgIpc) is 2.85. The van der Waals surface area contributed by atoms with Crippen molar-refractivity contribution in [2.45, 2.75) is 0 Å². The number of imide groups is 1. The Morgan fingerprint density at radius 2 is 1.80 bits per heavy atom. The van der Waals surface area contributed by atoms with Gasteiger partial charge in [-0.2, -0.15) is 10.1 Å². The van der Waals surface area contributed by atoms with Crippen LogP contribution in [0.25, 0.3) is 0 Å². The SMILES string of the molecule is COc1cc(C=NN2C(=O)c3ccccc3C2=O)cc([N+](=O)[O-])c1O. The minimum absolute atomic E-state index is 0.127. The third-order valence-corrected chi connectivity index (χ3v) is 3.59. The summed E-state index contributed by atoms with van der Waals surface area (Å²) in [6, 6.07) is 8.64. The number of ether oxygens (including phenoxy) is 1. The number of fused-ring (bicyclic) bond motifs is 1. The number of phenols is 1. The van der Waals surface area contributed by atoms with Crippen LogP contribution < -0.4 is 4.74 Å². The topological polar surface area (TPSA) is 122 Å². The first kappa shape index (κ1) is 16.1. The van der Waals surface area contributed by atoms with Gasteiger partial charge in [-0.15, -0.1) is 0 Å². The number of phenolic OH excluding ortho intramolecular Hbond substituents is 1. The molecular formula is C16H11N3O6. The van der Waals surface area contributed by atoms with Gasteiger partial charge in [0.05, 0.1) is 29.4 Å². The summed E-state index contributed by atoms with van der Waals surface area (Å²) in [6.07, 6.45) is 1.11. The Kier molecular flexibility index (Phi) is 3.89. The normalized spacial score (nSPS) is 13.4. The van der Waals surface area contributed by atoms with Crippen molar-refractivity contribution in [3.8, 4) is 11.5 Å². The van der Waals surface area contributed by atoms with Crippen LogP contribution in [0.4, 0.5) is 5.69 Å². The molecule has 0 bridgehead atoms. The Morgan fingerprint density at radius 1 is 1.20 bits per heavy atom. The van der Waals surface area contributed by atoms with E-state index in [1.54, 1.807) is 12.1 Å². The van der Waals surface area contributed by atoms with E-state index in [4.69, 9.17) is 4.74 Å². The zero-order valence-corrected chi connectivity index (χ0v) is 12.9. The smallest absolute Gasteiger partial charge is 0.315 e. The van der Waals surface area contributed by atoms with Gasteiger partial charge >= 0.3 is 5.69 Å². The molecule has 126 valence electrons. The van der Waals surface area contributed by atoms with Crippen molar-refractivity contribution in [1.82, 2.24) is 5.01 Å². The van der Waals surface area contributed by atoms with Gasteiger partial charge < -0.3 is 9.84 Å². The van der Waals surface area contributed by atoms with Gasteiger partial charge in [-0.25, -0.2) is 0 Å². The first-order valence-electron chi connectivity index (χ1n) is 7.01. The quantitative estimate of drug-likeness (QED) is 0.392. The van der Waals surface area contributed by atoms with E-state index in [0.29, 0.717) is 5.01 Å². The molecule has 9 heteroatoms. The number of nitro benzene ring substituents is 1. The molecule has 0 atom stereocenters. The molecule has 2 aromatic rings. The molecular weight excluding hydrogens is 330 g/mol. The number of benzene rings is 2. The maximum atomic E-state index is 12.2. The van der Waals surface area contributed by atoms with Gasteiger partial charge in [0.25, 0.3) is 11.8 Å². The lowest BCUT2D eigenvalue weighted by Gasteiger charge is -2.07. The number of hydrogen-bond acceptors (Lipinski definition) is 7. The summed E-state index contributed by atoms with van der Waals surface area (Å²) < 4.78 is 4.88. The molecule has 9 nitrogen and oxygen atoms in total. The van der Waals surface area contributed by atoms with E-state index in [0.717, 1.165) is 12.3 Å². The molecule has 0 saturated heterocycles. The predicted molar refractivity (Wildman–Crippen MR) is 85.8 cm³/mol. The Labute approximate surface area is 140 Å². The van der Waals surface area contributed by atoms with E-state index >= 15 is 0 Å². The van der Waals surface area contributed by atoms with Crippen molar-refractivity contribution in [3.05, 3.63) is 63.2 Å². The molecule has 1 aliphatic rings. The fourth-order valence-corrected chi connectivity index (χ4v) is 2.39. The van der Waals surface area contributed by atoms with Gasteiger partial charge in [0.2, 0.25) is 5.75 Å². The summed E-state index contributed by atoms with van der Waals surface area (Å²) in [5, 5.41) is 25.2. The Morgan fingerprint density at radius 3 is 2.32 bits per heavy atom. The summed E-state index contributed by atoms with van der Waals surface area (Å²) in [4.78, 5) is 34.6. The van der Waals surface area contributed by atoms with Crippen LogP contribution in [0, 0.1) is 10.1 Å². The molecule has 0 unspecified atom stereocenters. The number of carbonyl (C=O) groups is 2. The van der Waals surface area contributed by atoms with Gasteiger partial charge in [-0.05, 0) is 18.2 Å². The standard InChI is InChI=1S/C16H11N3O6/c1-25-13-7-9(6-12(14(13)20)19(23)24)8-17-18-15(21)10-4-2-3-5-11(10)16(18)22/h2-8,20H,1H3. The number of nitrogens with zero attached hydrogens (tertiary/aromatic N) is 3. The molecule has 2 aromatic carbocycles. The summed E-state index contributed by atoms with van der Waals surface area (Å²) in [7, 11) is 1.24. The maximum Gasteiger partial charge on any atom is 0.315 e. The van der Waals surface area contributed by atoms with Gasteiger partial charge in [0, 0.05) is 11.6 Å². The highest BCUT2D eigenvalue weighted by Crippen LogP contribution is 2.36. The molecule has 3 rings (SSSR count). The van der Waals surface area contributed by atoms with E-state index in [2.05, 4.69) is 5.10 Å². The number of nitro groups is 1. The maximum absolute atomic E-state index is 12.2. The van der Waals surface area contributed by atoms with Crippen LogP contribution in [0.1, 0.15) is 26.3 Å². The minimum Gasteiger partial charge on any atom is -0.500 e. The van der Waals surface area contributed by atoms with Crippen molar-refractivity contribution < 1.29 is 24.4 Å². The molecule has 1 heterocycles. The van der Waals surface area contributed by atoms with Crippen LogP contribution in [0.2, 0.25) is 0 Å². The molecule has 0 radical (unpaired) electrons. The first-order chi connectivity index (χ1) is 11.9. The lowest BCUT2D eigenvalue weighted by atomic mass is 10.1. The first-order valence-corrected chi connectivity index (χ1v) is 7.01. The van der Waals surface area contributed by atoms with Crippen molar-refractivity contribution in [2.24, 2.45) is 5.10 Å².